The SMILES string of the molecule is O=C(c1ccccc1)C1CCN(CCC2COc3ccccc3O2)CC1. The molecule has 2 aromatic carbocycles. The lowest BCUT2D eigenvalue weighted by atomic mass is 9.89. The number of benzene rings is 2. The maximum absolute atomic E-state index is 12.6. The Morgan fingerprint density at radius 1 is 0.962 bits per heavy atom. The topological polar surface area (TPSA) is 38.8 Å². The van der Waals surface area contributed by atoms with E-state index in [0.29, 0.717) is 12.4 Å². The molecule has 136 valence electrons. The molecule has 0 aromatic heterocycles. The summed E-state index contributed by atoms with van der Waals surface area (Å²) < 4.78 is 11.8. The maximum atomic E-state index is 12.6. The van der Waals surface area contributed by atoms with E-state index in [1.807, 2.05) is 54.6 Å². The predicted molar refractivity (Wildman–Crippen MR) is 101 cm³/mol. The minimum atomic E-state index is 0.105. The number of carbonyl (C=O) groups is 1. The Morgan fingerprint density at radius 2 is 1.65 bits per heavy atom. The van der Waals surface area contributed by atoms with Crippen LogP contribution in [0.2, 0.25) is 0 Å². The lowest BCUT2D eigenvalue weighted by Gasteiger charge is -2.33. The summed E-state index contributed by atoms with van der Waals surface area (Å²) in [5.41, 5.74) is 0.845. The first-order chi connectivity index (χ1) is 12.8. The van der Waals surface area contributed by atoms with Crippen molar-refractivity contribution in [1.29, 1.82) is 0 Å². The number of hydrogen-bond acceptors (Lipinski definition) is 4. The van der Waals surface area contributed by atoms with Crippen LogP contribution in [0.1, 0.15) is 29.6 Å². The van der Waals surface area contributed by atoms with Crippen LogP contribution in [0.15, 0.2) is 54.6 Å². The van der Waals surface area contributed by atoms with Gasteiger partial charge in [0.2, 0.25) is 0 Å². The molecule has 0 aliphatic carbocycles. The van der Waals surface area contributed by atoms with Crippen LogP contribution in [0, 0.1) is 5.92 Å². The molecule has 26 heavy (non-hydrogen) atoms. The number of ether oxygens (including phenoxy) is 2. The number of nitrogens with zero attached hydrogens (tertiary/aromatic N) is 1. The summed E-state index contributed by atoms with van der Waals surface area (Å²) in [7, 11) is 0. The first-order valence-corrected chi connectivity index (χ1v) is 9.50. The molecule has 4 heteroatoms. The van der Waals surface area contributed by atoms with Crippen LogP contribution < -0.4 is 9.47 Å². The second kappa shape index (κ2) is 7.92. The molecular formula is C22H25NO3. The van der Waals surface area contributed by atoms with Gasteiger partial charge in [-0.15, -0.1) is 0 Å². The highest BCUT2D eigenvalue weighted by Gasteiger charge is 2.27. The Balaban J connectivity index is 1.23. The van der Waals surface area contributed by atoms with Gasteiger partial charge in [0.05, 0.1) is 0 Å². The van der Waals surface area contributed by atoms with E-state index < -0.39 is 0 Å². The minimum absolute atomic E-state index is 0.105. The van der Waals surface area contributed by atoms with Crippen molar-refractivity contribution in [1.82, 2.24) is 4.90 Å². The summed E-state index contributed by atoms with van der Waals surface area (Å²) >= 11 is 0. The number of piperidine rings is 1. The monoisotopic (exact) mass is 351 g/mol. The van der Waals surface area contributed by atoms with Crippen molar-refractivity contribution in [2.75, 3.05) is 26.2 Å². The van der Waals surface area contributed by atoms with Crippen molar-refractivity contribution in [3.63, 3.8) is 0 Å². The van der Waals surface area contributed by atoms with Crippen molar-refractivity contribution in [2.45, 2.75) is 25.4 Å². The van der Waals surface area contributed by atoms with Crippen molar-refractivity contribution < 1.29 is 14.3 Å². The molecule has 1 saturated heterocycles. The number of hydrogen-bond donors (Lipinski definition) is 0. The largest absolute Gasteiger partial charge is 0.486 e. The molecule has 4 rings (SSSR count). The fourth-order valence-corrected chi connectivity index (χ4v) is 3.79. The average molecular weight is 351 g/mol. The molecule has 2 heterocycles. The van der Waals surface area contributed by atoms with E-state index >= 15 is 0 Å². The van der Waals surface area contributed by atoms with Gasteiger partial charge in [0.25, 0.3) is 0 Å². The van der Waals surface area contributed by atoms with Gasteiger partial charge in [0, 0.05) is 24.4 Å². The molecule has 2 aliphatic heterocycles. The Hall–Kier alpha value is -2.33. The Labute approximate surface area is 154 Å². The summed E-state index contributed by atoms with van der Waals surface area (Å²) in [6.45, 7) is 3.56. The molecule has 1 atom stereocenters. The number of Topliss-reactive ketones (excluding diaryl/α,β-unsaturated/α-hetero) is 1. The predicted octanol–water partition coefficient (Wildman–Crippen LogP) is 3.81. The average Bonchev–Trinajstić information content (AvgIpc) is 2.72. The summed E-state index contributed by atoms with van der Waals surface area (Å²) in [5, 5.41) is 0. The van der Waals surface area contributed by atoms with Gasteiger partial charge in [-0.2, -0.15) is 0 Å². The molecule has 0 amide bonds. The molecule has 1 unspecified atom stereocenters. The summed E-state index contributed by atoms with van der Waals surface area (Å²) in [6, 6.07) is 17.5. The van der Waals surface area contributed by atoms with Crippen molar-refractivity contribution >= 4 is 5.78 Å². The third kappa shape index (κ3) is 3.91. The smallest absolute Gasteiger partial charge is 0.166 e. The van der Waals surface area contributed by atoms with Crippen LogP contribution in [0.5, 0.6) is 11.5 Å². The second-order valence-electron chi connectivity index (χ2n) is 7.13. The second-order valence-corrected chi connectivity index (χ2v) is 7.13. The van der Waals surface area contributed by atoms with E-state index in [4.69, 9.17) is 9.47 Å². The van der Waals surface area contributed by atoms with Crippen LogP contribution >= 0.6 is 0 Å². The van der Waals surface area contributed by atoms with Gasteiger partial charge in [-0.25, -0.2) is 0 Å². The Bertz CT molecular complexity index is 738. The molecule has 0 N–H and O–H groups in total. The standard InChI is InChI=1S/C22H25NO3/c24-22(17-6-2-1-3-7-17)18-10-13-23(14-11-18)15-12-19-16-25-20-8-4-5-9-21(20)26-19/h1-9,18-19H,10-16H2. The van der Waals surface area contributed by atoms with Crippen molar-refractivity contribution in [3.05, 3.63) is 60.2 Å². The fraction of sp³-hybridized carbons (Fsp3) is 0.409. The highest BCUT2D eigenvalue weighted by Crippen LogP contribution is 2.31. The van der Waals surface area contributed by atoms with Crippen LogP contribution in [0.25, 0.3) is 0 Å². The summed E-state index contributed by atoms with van der Waals surface area (Å²) in [5.74, 6) is 2.14. The van der Waals surface area contributed by atoms with Gasteiger partial charge in [0.1, 0.15) is 12.7 Å². The van der Waals surface area contributed by atoms with Gasteiger partial charge in [-0.05, 0) is 38.1 Å². The number of likely N-dealkylation sites (tertiary alicyclic amines) is 1. The number of ketones is 1. The van der Waals surface area contributed by atoms with Crippen LogP contribution in [-0.4, -0.2) is 43.0 Å². The van der Waals surface area contributed by atoms with Gasteiger partial charge in [0.15, 0.2) is 17.3 Å². The van der Waals surface area contributed by atoms with E-state index in [1.54, 1.807) is 0 Å². The van der Waals surface area contributed by atoms with Crippen LogP contribution in [-0.2, 0) is 0 Å². The quantitative estimate of drug-likeness (QED) is 0.768. The number of fused-ring (bicyclic) bond motifs is 1. The van der Waals surface area contributed by atoms with Crippen LogP contribution in [0.4, 0.5) is 0 Å². The first kappa shape index (κ1) is 17.1. The molecule has 0 spiro atoms. The molecule has 4 nitrogen and oxygen atoms in total. The van der Waals surface area contributed by atoms with Gasteiger partial charge in [-0.1, -0.05) is 42.5 Å². The van der Waals surface area contributed by atoms with E-state index in [-0.39, 0.29) is 12.0 Å². The molecule has 2 aromatic rings. The molecule has 0 radical (unpaired) electrons. The van der Waals surface area contributed by atoms with E-state index in [2.05, 4.69) is 4.90 Å². The van der Waals surface area contributed by atoms with Crippen molar-refractivity contribution in [2.24, 2.45) is 5.92 Å². The fourth-order valence-electron chi connectivity index (χ4n) is 3.79. The maximum Gasteiger partial charge on any atom is 0.166 e. The molecule has 1 fully saturated rings. The summed E-state index contributed by atoms with van der Waals surface area (Å²) in [6.07, 6.45) is 2.94. The first-order valence-electron chi connectivity index (χ1n) is 9.50. The number of rotatable bonds is 5. The zero-order valence-electron chi connectivity index (χ0n) is 15.0. The van der Waals surface area contributed by atoms with Crippen molar-refractivity contribution in [3.8, 4) is 11.5 Å². The van der Waals surface area contributed by atoms with E-state index in [9.17, 15) is 4.79 Å². The lowest BCUT2D eigenvalue weighted by molar-refractivity contribution is 0.0666. The van der Waals surface area contributed by atoms with E-state index in [0.717, 1.165) is 56.0 Å². The Kier molecular flexibility index (Phi) is 5.21. The normalized spacial score (nSPS) is 20.7. The molecule has 2 aliphatic rings. The minimum Gasteiger partial charge on any atom is -0.486 e. The van der Waals surface area contributed by atoms with Crippen LogP contribution in [0.3, 0.4) is 0 Å². The number of para-hydroxylation sites is 2. The highest BCUT2D eigenvalue weighted by molar-refractivity contribution is 5.97. The Morgan fingerprint density at radius 3 is 2.42 bits per heavy atom. The zero-order valence-corrected chi connectivity index (χ0v) is 15.0. The molecular weight excluding hydrogens is 326 g/mol. The highest BCUT2D eigenvalue weighted by atomic mass is 16.6. The third-order valence-corrected chi connectivity index (χ3v) is 5.35. The number of carbonyl (C=O) groups excluding carboxylic acids is 1. The zero-order chi connectivity index (χ0) is 17.8. The van der Waals surface area contributed by atoms with Gasteiger partial charge >= 0.3 is 0 Å². The van der Waals surface area contributed by atoms with Gasteiger partial charge in [-0.3, -0.25) is 4.79 Å². The lowest BCUT2D eigenvalue weighted by Crippen LogP contribution is -2.39. The molecule has 0 saturated carbocycles. The van der Waals surface area contributed by atoms with E-state index in [1.165, 1.54) is 0 Å². The van der Waals surface area contributed by atoms with Gasteiger partial charge < -0.3 is 14.4 Å². The summed E-state index contributed by atoms with van der Waals surface area (Å²) in [4.78, 5) is 15.0. The molecule has 0 bridgehead atoms. The third-order valence-electron chi connectivity index (χ3n) is 5.35.